The second kappa shape index (κ2) is 12.1. The third-order valence-corrected chi connectivity index (χ3v) is 6.32. The molecule has 12 heteroatoms. The highest BCUT2D eigenvalue weighted by Crippen LogP contribution is 2.29. The lowest BCUT2D eigenvalue weighted by atomic mass is 10.1. The van der Waals surface area contributed by atoms with Crippen LogP contribution in [0.2, 0.25) is 10.0 Å². The van der Waals surface area contributed by atoms with Crippen LogP contribution in [0.5, 0.6) is 0 Å². The van der Waals surface area contributed by atoms with Crippen molar-refractivity contribution in [3.8, 4) is 11.3 Å². The Hall–Kier alpha value is -4.28. The van der Waals surface area contributed by atoms with Gasteiger partial charge in [0.05, 0.1) is 28.7 Å². The van der Waals surface area contributed by atoms with E-state index in [9.17, 15) is 23.2 Å². The van der Waals surface area contributed by atoms with Gasteiger partial charge in [-0.05, 0) is 48.0 Å². The lowest BCUT2D eigenvalue weighted by Crippen LogP contribution is -2.26. The SMILES string of the molecule is O=C(O)CCNC(=O)c1ccc(Cn2nc(-c3ccc(Cl)c(Cl)c3)cc2C(=O)Nc2ccc(F)c(F)c2)cc1. The van der Waals surface area contributed by atoms with Gasteiger partial charge in [-0.2, -0.15) is 5.10 Å². The number of hydrogen-bond acceptors (Lipinski definition) is 4. The Labute approximate surface area is 231 Å². The molecule has 39 heavy (non-hydrogen) atoms. The quantitative estimate of drug-likeness (QED) is 0.240. The van der Waals surface area contributed by atoms with Crippen LogP contribution in [0.3, 0.4) is 0 Å². The number of amides is 2. The Morgan fingerprint density at radius 2 is 1.62 bits per heavy atom. The number of nitrogens with one attached hydrogen (secondary N) is 2. The molecule has 4 aromatic rings. The molecule has 0 atom stereocenters. The van der Waals surface area contributed by atoms with Crippen LogP contribution in [0.1, 0.15) is 32.8 Å². The maximum Gasteiger partial charge on any atom is 0.305 e. The first-order chi connectivity index (χ1) is 18.6. The summed E-state index contributed by atoms with van der Waals surface area (Å²) < 4.78 is 28.4. The molecular formula is C27H20Cl2F2N4O4. The number of aromatic nitrogens is 2. The Morgan fingerprint density at radius 1 is 0.872 bits per heavy atom. The number of carboxylic acid groups (broad SMARTS) is 1. The molecule has 0 spiro atoms. The molecule has 1 aromatic heterocycles. The molecule has 4 rings (SSSR count). The minimum absolute atomic E-state index is 0.00285. The standard InChI is InChI=1S/C27H20Cl2F2N4O4/c28-19-7-5-17(11-20(19)29)23-13-24(27(39)33-18-6-8-21(30)22(31)12-18)35(34-23)14-15-1-3-16(4-2-15)26(38)32-10-9-25(36)37/h1-8,11-13H,9-10,14H2,(H,32,38)(H,33,39)(H,36,37). The van der Waals surface area contributed by atoms with E-state index in [1.54, 1.807) is 42.5 Å². The zero-order chi connectivity index (χ0) is 28.1. The fraction of sp³-hybridized carbons (Fsp3) is 0.111. The maximum atomic E-state index is 13.7. The smallest absolute Gasteiger partial charge is 0.305 e. The number of anilines is 1. The van der Waals surface area contributed by atoms with E-state index in [-0.39, 0.29) is 30.9 Å². The third-order valence-electron chi connectivity index (χ3n) is 5.58. The summed E-state index contributed by atoms with van der Waals surface area (Å²) in [6, 6.07) is 15.9. The van der Waals surface area contributed by atoms with Crippen LogP contribution < -0.4 is 10.6 Å². The number of halogens is 4. The molecule has 0 aliphatic heterocycles. The average molecular weight is 573 g/mol. The maximum absolute atomic E-state index is 13.7. The summed E-state index contributed by atoms with van der Waals surface area (Å²) >= 11 is 12.2. The highest BCUT2D eigenvalue weighted by atomic mass is 35.5. The predicted molar refractivity (Wildman–Crippen MR) is 142 cm³/mol. The van der Waals surface area contributed by atoms with Crippen LogP contribution in [-0.4, -0.2) is 39.2 Å². The van der Waals surface area contributed by atoms with Gasteiger partial charge in [-0.25, -0.2) is 8.78 Å². The van der Waals surface area contributed by atoms with Gasteiger partial charge in [-0.15, -0.1) is 0 Å². The topological polar surface area (TPSA) is 113 Å². The molecule has 1 heterocycles. The van der Waals surface area contributed by atoms with Crippen molar-refractivity contribution in [3.63, 3.8) is 0 Å². The van der Waals surface area contributed by atoms with Gasteiger partial charge >= 0.3 is 5.97 Å². The van der Waals surface area contributed by atoms with Crippen LogP contribution in [-0.2, 0) is 11.3 Å². The van der Waals surface area contributed by atoms with Crippen LogP contribution in [0.15, 0.2) is 66.7 Å². The monoisotopic (exact) mass is 572 g/mol. The van der Waals surface area contributed by atoms with Gasteiger partial charge in [0.2, 0.25) is 0 Å². The fourth-order valence-corrected chi connectivity index (χ4v) is 3.90. The molecule has 0 saturated heterocycles. The zero-order valence-corrected chi connectivity index (χ0v) is 21.6. The first-order valence-corrected chi connectivity index (χ1v) is 12.2. The molecule has 8 nitrogen and oxygen atoms in total. The predicted octanol–water partition coefficient (Wildman–Crippen LogP) is 5.64. The molecule has 0 aliphatic rings. The Balaban J connectivity index is 1.60. The molecular weight excluding hydrogens is 553 g/mol. The lowest BCUT2D eigenvalue weighted by molar-refractivity contribution is -0.136. The Bertz CT molecular complexity index is 1560. The largest absolute Gasteiger partial charge is 0.481 e. The van der Waals surface area contributed by atoms with Gasteiger partial charge < -0.3 is 15.7 Å². The van der Waals surface area contributed by atoms with Gasteiger partial charge in [0.15, 0.2) is 11.6 Å². The first kappa shape index (κ1) is 27.7. The van der Waals surface area contributed by atoms with Crippen molar-refractivity contribution < 1.29 is 28.3 Å². The molecule has 0 unspecified atom stereocenters. The number of nitrogens with zero attached hydrogens (tertiary/aromatic N) is 2. The van der Waals surface area contributed by atoms with Crippen molar-refractivity contribution in [1.82, 2.24) is 15.1 Å². The molecule has 3 N–H and O–H groups in total. The third kappa shape index (κ3) is 6.98. The van der Waals surface area contributed by atoms with E-state index in [2.05, 4.69) is 15.7 Å². The molecule has 0 aliphatic carbocycles. The summed E-state index contributed by atoms with van der Waals surface area (Å²) in [5, 5.41) is 19.0. The van der Waals surface area contributed by atoms with Crippen molar-refractivity contribution >= 4 is 46.7 Å². The van der Waals surface area contributed by atoms with Crippen molar-refractivity contribution in [3.05, 3.63) is 105 Å². The highest BCUT2D eigenvalue weighted by molar-refractivity contribution is 6.42. The van der Waals surface area contributed by atoms with E-state index in [4.69, 9.17) is 28.3 Å². The second-order valence-corrected chi connectivity index (χ2v) is 9.20. The summed E-state index contributed by atoms with van der Waals surface area (Å²) in [4.78, 5) is 36.0. The van der Waals surface area contributed by atoms with Crippen molar-refractivity contribution in [2.75, 3.05) is 11.9 Å². The van der Waals surface area contributed by atoms with Crippen LogP contribution in [0, 0.1) is 11.6 Å². The van der Waals surface area contributed by atoms with Crippen molar-refractivity contribution in [2.45, 2.75) is 13.0 Å². The highest BCUT2D eigenvalue weighted by Gasteiger charge is 2.19. The van der Waals surface area contributed by atoms with Crippen LogP contribution in [0.4, 0.5) is 14.5 Å². The minimum Gasteiger partial charge on any atom is -0.481 e. The van der Waals surface area contributed by atoms with E-state index in [1.807, 2.05) is 0 Å². The summed E-state index contributed by atoms with van der Waals surface area (Å²) in [6.45, 7) is 0.125. The Morgan fingerprint density at radius 3 is 2.28 bits per heavy atom. The van der Waals surface area contributed by atoms with E-state index in [1.165, 1.54) is 16.8 Å². The van der Waals surface area contributed by atoms with Gasteiger partial charge in [-0.3, -0.25) is 19.1 Å². The normalized spacial score (nSPS) is 10.8. The number of rotatable bonds is 9. The summed E-state index contributed by atoms with van der Waals surface area (Å²) in [6.07, 6.45) is -0.195. The van der Waals surface area contributed by atoms with Crippen LogP contribution in [0.25, 0.3) is 11.3 Å². The first-order valence-electron chi connectivity index (χ1n) is 11.5. The van der Waals surface area contributed by atoms with Crippen molar-refractivity contribution in [2.24, 2.45) is 0 Å². The molecule has 0 bridgehead atoms. The molecule has 3 aromatic carbocycles. The number of carbonyl (C=O) groups is 3. The van der Waals surface area contributed by atoms with Crippen LogP contribution >= 0.6 is 23.2 Å². The van der Waals surface area contributed by atoms with Crippen molar-refractivity contribution in [1.29, 1.82) is 0 Å². The van der Waals surface area contributed by atoms with E-state index in [0.29, 0.717) is 32.4 Å². The lowest BCUT2D eigenvalue weighted by Gasteiger charge is -2.10. The number of carboxylic acids is 1. The Kier molecular flexibility index (Phi) is 8.58. The molecule has 0 fully saturated rings. The molecule has 0 radical (unpaired) electrons. The van der Waals surface area contributed by atoms with Gasteiger partial charge in [-0.1, -0.05) is 41.4 Å². The minimum atomic E-state index is -1.11. The van der Waals surface area contributed by atoms with Gasteiger partial charge in [0, 0.05) is 29.4 Å². The van der Waals surface area contributed by atoms with E-state index in [0.717, 1.165) is 12.1 Å². The zero-order valence-electron chi connectivity index (χ0n) is 20.1. The fourth-order valence-electron chi connectivity index (χ4n) is 3.61. The summed E-state index contributed by atoms with van der Waals surface area (Å²) in [5.74, 6) is -4.21. The molecule has 200 valence electrons. The number of hydrogen-bond donors (Lipinski definition) is 3. The summed E-state index contributed by atoms with van der Waals surface area (Å²) in [7, 11) is 0. The molecule has 0 saturated carbocycles. The number of aliphatic carboxylic acids is 1. The number of benzene rings is 3. The second-order valence-electron chi connectivity index (χ2n) is 8.38. The summed E-state index contributed by atoms with van der Waals surface area (Å²) in [5.41, 5.74) is 2.22. The van der Waals surface area contributed by atoms with Gasteiger partial charge in [0.25, 0.3) is 11.8 Å². The van der Waals surface area contributed by atoms with Gasteiger partial charge in [0.1, 0.15) is 5.69 Å². The molecule has 2 amide bonds. The average Bonchev–Trinajstić information content (AvgIpc) is 3.32. The van der Waals surface area contributed by atoms with E-state index >= 15 is 0 Å². The number of carbonyl (C=O) groups excluding carboxylic acids is 2. The van der Waals surface area contributed by atoms with E-state index < -0.39 is 29.4 Å².